The number of phenols is 1. The zero-order valence-electron chi connectivity index (χ0n) is 8.19. The summed E-state index contributed by atoms with van der Waals surface area (Å²) in [5.41, 5.74) is 0.0995. The maximum atomic E-state index is 10.3. The van der Waals surface area contributed by atoms with Crippen LogP contribution in [0, 0.1) is 0 Å². The van der Waals surface area contributed by atoms with Gasteiger partial charge in [0, 0.05) is 11.9 Å². The highest BCUT2D eigenvalue weighted by Gasteiger charge is 2.05. The fourth-order valence-corrected chi connectivity index (χ4v) is 1.18. The van der Waals surface area contributed by atoms with Crippen molar-refractivity contribution in [3.8, 4) is 5.75 Å². The van der Waals surface area contributed by atoms with Gasteiger partial charge in [-0.2, -0.15) is 0 Å². The molecule has 0 fully saturated rings. The normalized spacial score (nSPS) is 10.4. The van der Waals surface area contributed by atoms with Crippen LogP contribution in [0.25, 0.3) is 0 Å². The molecule has 1 aromatic rings. The molecule has 0 aliphatic carbocycles. The molecule has 90 valence electrons. The summed E-state index contributed by atoms with van der Waals surface area (Å²) in [6.45, 7) is 0.854. The largest absolute Gasteiger partial charge is 0.506 e. The number of aliphatic hydroxyl groups is 3. The zero-order valence-corrected chi connectivity index (χ0v) is 9.70. The molecule has 0 aliphatic rings. The second-order valence-electron chi connectivity index (χ2n) is 2.91. The zero-order chi connectivity index (χ0) is 12.9. The first-order valence-corrected chi connectivity index (χ1v) is 4.71. The summed E-state index contributed by atoms with van der Waals surface area (Å²) in [5.74, 6) is -2.73. The number of carbonyl (C=O) groups excluding carboxylic acids is 1. The summed E-state index contributed by atoms with van der Waals surface area (Å²) < 4.78 is 0. The van der Waals surface area contributed by atoms with Crippen LogP contribution in [0.5, 0.6) is 5.75 Å². The van der Waals surface area contributed by atoms with E-state index >= 15 is 0 Å². The highest BCUT2D eigenvalue weighted by atomic mass is 35.5. The third kappa shape index (κ3) is 6.60. The van der Waals surface area contributed by atoms with Crippen LogP contribution in [0.2, 0.25) is 10.0 Å². The monoisotopic (exact) mass is 268 g/mol. The number of benzene rings is 1. The van der Waals surface area contributed by atoms with Gasteiger partial charge in [0.15, 0.2) is 6.29 Å². The predicted octanol–water partition coefficient (Wildman–Crippen LogP) is 1.15. The minimum absolute atomic E-state index is 0.0830. The van der Waals surface area contributed by atoms with E-state index in [4.69, 9.17) is 43.6 Å². The van der Waals surface area contributed by atoms with Crippen molar-refractivity contribution in [2.45, 2.75) is 12.9 Å². The van der Waals surface area contributed by atoms with Crippen molar-refractivity contribution in [1.29, 1.82) is 0 Å². The topological polar surface area (TPSA) is 98.0 Å². The van der Waals surface area contributed by atoms with Gasteiger partial charge in [-0.05, 0) is 12.1 Å². The van der Waals surface area contributed by atoms with Gasteiger partial charge in [-0.25, -0.2) is 0 Å². The maximum absolute atomic E-state index is 10.3. The molecular formula is C9H10Cl2O5. The quantitative estimate of drug-likeness (QED) is 0.453. The van der Waals surface area contributed by atoms with Crippen LogP contribution in [0.4, 0.5) is 0 Å². The SMILES string of the molecule is CC(O)(O)O.O=Cc1cc(Cl)cc(Cl)c1O. The van der Waals surface area contributed by atoms with Crippen LogP contribution in [-0.2, 0) is 0 Å². The van der Waals surface area contributed by atoms with Gasteiger partial charge in [0.05, 0.1) is 10.6 Å². The first kappa shape index (κ1) is 15.2. The van der Waals surface area contributed by atoms with Gasteiger partial charge >= 0.3 is 0 Å². The minimum Gasteiger partial charge on any atom is -0.506 e. The van der Waals surface area contributed by atoms with E-state index in [1.54, 1.807) is 0 Å². The second-order valence-corrected chi connectivity index (χ2v) is 3.76. The Hall–Kier alpha value is -0.850. The number of halogens is 2. The highest BCUT2D eigenvalue weighted by molar-refractivity contribution is 6.36. The lowest BCUT2D eigenvalue weighted by Gasteiger charge is -2.01. The Bertz CT molecular complexity index is 367. The van der Waals surface area contributed by atoms with Gasteiger partial charge < -0.3 is 20.4 Å². The average molecular weight is 269 g/mol. The summed E-state index contributed by atoms with van der Waals surface area (Å²) in [6, 6.07) is 2.71. The molecular weight excluding hydrogens is 259 g/mol. The molecule has 0 aromatic heterocycles. The first-order valence-electron chi connectivity index (χ1n) is 3.95. The summed E-state index contributed by atoms with van der Waals surface area (Å²) in [4.78, 5) is 10.3. The Morgan fingerprint density at radius 3 is 2.06 bits per heavy atom. The molecule has 7 heteroatoms. The van der Waals surface area contributed by atoms with Gasteiger partial charge in [-0.1, -0.05) is 23.2 Å². The lowest BCUT2D eigenvalue weighted by atomic mass is 10.2. The van der Waals surface area contributed by atoms with Gasteiger partial charge in [0.2, 0.25) is 0 Å². The van der Waals surface area contributed by atoms with Crippen LogP contribution in [0.3, 0.4) is 0 Å². The van der Waals surface area contributed by atoms with Gasteiger partial charge in [0.1, 0.15) is 5.75 Å². The van der Waals surface area contributed by atoms with Crippen molar-refractivity contribution >= 4 is 29.5 Å². The summed E-state index contributed by atoms with van der Waals surface area (Å²) in [5, 5.41) is 32.4. The summed E-state index contributed by atoms with van der Waals surface area (Å²) in [6.07, 6.45) is 0.493. The first-order chi connectivity index (χ1) is 7.15. The molecule has 0 spiro atoms. The molecule has 0 unspecified atom stereocenters. The van der Waals surface area contributed by atoms with Crippen molar-refractivity contribution in [3.63, 3.8) is 0 Å². The Balaban J connectivity index is 0.000000385. The smallest absolute Gasteiger partial charge is 0.272 e. The van der Waals surface area contributed by atoms with E-state index in [1.807, 2.05) is 0 Å². The molecule has 0 amide bonds. The van der Waals surface area contributed by atoms with E-state index in [1.165, 1.54) is 12.1 Å². The van der Waals surface area contributed by atoms with E-state index in [9.17, 15) is 4.79 Å². The van der Waals surface area contributed by atoms with Gasteiger partial charge in [-0.3, -0.25) is 4.79 Å². The average Bonchev–Trinajstić information content (AvgIpc) is 2.08. The predicted molar refractivity (Wildman–Crippen MR) is 58.6 cm³/mol. The molecule has 0 saturated carbocycles. The van der Waals surface area contributed by atoms with Crippen LogP contribution < -0.4 is 0 Å². The molecule has 0 aliphatic heterocycles. The molecule has 4 N–H and O–H groups in total. The Morgan fingerprint density at radius 1 is 1.25 bits per heavy atom. The van der Waals surface area contributed by atoms with Gasteiger partial charge in [0.25, 0.3) is 5.97 Å². The van der Waals surface area contributed by atoms with E-state index in [0.29, 0.717) is 11.3 Å². The number of rotatable bonds is 1. The van der Waals surface area contributed by atoms with E-state index in [0.717, 1.165) is 6.92 Å². The van der Waals surface area contributed by atoms with Crippen molar-refractivity contribution in [3.05, 3.63) is 27.7 Å². The maximum Gasteiger partial charge on any atom is 0.272 e. The van der Waals surface area contributed by atoms with Crippen LogP contribution >= 0.6 is 23.2 Å². The van der Waals surface area contributed by atoms with Gasteiger partial charge in [-0.15, -0.1) is 0 Å². The third-order valence-electron chi connectivity index (χ3n) is 1.18. The van der Waals surface area contributed by atoms with Crippen LogP contribution in [0.1, 0.15) is 17.3 Å². The summed E-state index contributed by atoms with van der Waals surface area (Å²) >= 11 is 11.1. The number of carbonyl (C=O) groups is 1. The molecule has 0 bridgehead atoms. The Morgan fingerprint density at radius 2 is 1.69 bits per heavy atom. The molecule has 0 heterocycles. The van der Waals surface area contributed by atoms with E-state index in [2.05, 4.69) is 0 Å². The molecule has 5 nitrogen and oxygen atoms in total. The molecule has 0 atom stereocenters. The molecule has 0 radical (unpaired) electrons. The lowest BCUT2D eigenvalue weighted by Crippen LogP contribution is -2.20. The highest BCUT2D eigenvalue weighted by Crippen LogP contribution is 2.29. The molecule has 0 saturated heterocycles. The van der Waals surface area contributed by atoms with E-state index in [-0.39, 0.29) is 16.3 Å². The minimum atomic E-state index is -2.50. The van der Waals surface area contributed by atoms with Crippen LogP contribution in [-0.4, -0.2) is 32.7 Å². The molecule has 1 aromatic carbocycles. The van der Waals surface area contributed by atoms with Crippen molar-refractivity contribution in [1.82, 2.24) is 0 Å². The number of phenolic OH excluding ortho intramolecular Hbond substituents is 1. The molecule has 16 heavy (non-hydrogen) atoms. The second kappa shape index (κ2) is 6.03. The van der Waals surface area contributed by atoms with Crippen molar-refractivity contribution in [2.75, 3.05) is 0 Å². The third-order valence-corrected chi connectivity index (χ3v) is 1.69. The number of aldehydes is 1. The van der Waals surface area contributed by atoms with Crippen molar-refractivity contribution < 1.29 is 25.2 Å². The number of hydrogen-bond donors (Lipinski definition) is 4. The Kier molecular flexibility index (Phi) is 5.71. The van der Waals surface area contributed by atoms with Crippen molar-refractivity contribution in [2.24, 2.45) is 0 Å². The number of hydrogen-bond acceptors (Lipinski definition) is 5. The summed E-state index contributed by atoms with van der Waals surface area (Å²) in [7, 11) is 0. The Labute approximate surface area is 101 Å². The fourth-order valence-electron chi connectivity index (χ4n) is 0.676. The standard InChI is InChI=1S/C7H4Cl2O2.C2H6O3/c8-5-1-4(3-10)7(11)6(9)2-5;1-2(3,4)5/h1-3,11H;3-5H,1H3. The number of aromatic hydroxyl groups is 1. The lowest BCUT2D eigenvalue weighted by molar-refractivity contribution is -0.297. The van der Waals surface area contributed by atoms with Crippen LogP contribution in [0.15, 0.2) is 12.1 Å². The molecule has 1 rings (SSSR count). The van der Waals surface area contributed by atoms with E-state index < -0.39 is 5.97 Å². The fraction of sp³-hybridized carbons (Fsp3) is 0.222.